The topological polar surface area (TPSA) is 84.7 Å². The van der Waals surface area contributed by atoms with E-state index in [9.17, 15) is 14.7 Å². The maximum atomic E-state index is 13.0. The van der Waals surface area contributed by atoms with Crippen molar-refractivity contribution in [2.45, 2.75) is 25.0 Å². The molecule has 1 saturated heterocycles. The number of aliphatic hydroxyl groups excluding tert-OH is 1. The molecule has 126 valence electrons. The normalized spacial score (nSPS) is 20.7. The number of likely N-dealkylation sites (tertiary alicyclic amines) is 1. The predicted molar refractivity (Wildman–Crippen MR) is 85.6 cm³/mol. The molecule has 1 N–H and O–H groups in total. The van der Waals surface area contributed by atoms with E-state index in [0.717, 1.165) is 0 Å². The molecule has 0 unspecified atom stereocenters. The molecular formula is C17H19N3O4. The molecule has 7 heteroatoms. The number of rotatable bonds is 3. The summed E-state index contributed by atoms with van der Waals surface area (Å²) in [6, 6.07) is 8.09. The number of hydrogen-bond acceptors (Lipinski definition) is 5. The van der Waals surface area contributed by atoms with Crippen LogP contribution in [0.15, 0.2) is 42.7 Å². The Hall–Kier alpha value is -2.67. The molecule has 24 heavy (non-hydrogen) atoms. The molecule has 2 aromatic rings. The van der Waals surface area contributed by atoms with E-state index < -0.39 is 18.1 Å². The van der Waals surface area contributed by atoms with Crippen LogP contribution >= 0.6 is 0 Å². The first-order valence-electron chi connectivity index (χ1n) is 7.77. The molecule has 1 aliphatic rings. The molecule has 2 heterocycles. The van der Waals surface area contributed by atoms with Crippen molar-refractivity contribution in [1.29, 1.82) is 0 Å². The fourth-order valence-corrected chi connectivity index (χ4v) is 2.97. The second-order valence-electron chi connectivity index (χ2n) is 5.68. The van der Waals surface area contributed by atoms with Crippen LogP contribution in [0, 0.1) is 0 Å². The van der Waals surface area contributed by atoms with Gasteiger partial charge in [0.25, 0.3) is 5.91 Å². The number of carbonyl (C=O) groups excluding carboxylic acids is 2. The van der Waals surface area contributed by atoms with Gasteiger partial charge in [0.05, 0.1) is 24.5 Å². The van der Waals surface area contributed by atoms with E-state index in [1.165, 1.54) is 12.0 Å². The van der Waals surface area contributed by atoms with E-state index in [1.807, 2.05) is 6.07 Å². The van der Waals surface area contributed by atoms with Gasteiger partial charge in [-0.05, 0) is 24.6 Å². The highest BCUT2D eigenvalue weighted by Crippen LogP contribution is 2.23. The summed E-state index contributed by atoms with van der Waals surface area (Å²) in [5.41, 5.74) is 1.09. The molecule has 7 nitrogen and oxygen atoms in total. The van der Waals surface area contributed by atoms with Gasteiger partial charge in [-0.2, -0.15) is 5.10 Å². The minimum atomic E-state index is -0.781. The lowest BCUT2D eigenvalue weighted by molar-refractivity contribution is -0.148. The summed E-state index contributed by atoms with van der Waals surface area (Å²) in [6.45, 7) is 0.299. The summed E-state index contributed by atoms with van der Waals surface area (Å²) in [7, 11) is 1.28. The Labute approximate surface area is 139 Å². The number of esters is 1. The van der Waals surface area contributed by atoms with Crippen LogP contribution in [0.1, 0.15) is 23.2 Å². The Morgan fingerprint density at radius 3 is 2.79 bits per heavy atom. The highest BCUT2D eigenvalue weighted by atomic mass is 16.5. The minimum Gasteiger partial charge on any atom is -0.467 e. The van der Waals surface area contributed by atoms with Crippen LogP contribution in [-0.2, 0) is 9.53 Å². The fourth-order valence-electron chi connectivity index (χ4n) is 2.97. The largest absolute Gasteiger partial charge is 0.467 e. The molecule has 0 aliphatic carbocycles. The zero-order valence-electron chi connectivity index (χ0n) is 13.3. The highest BCUT2D eigenvalue weighted by Gasteiger charge is 2.37. The van der Waals surface area contributed by atoms with Crippen molar-refractivity contribution in [3.05, 3.63) is 48.3 Å². The quantitative estimate of drug-likeness (QED) is 0.850. The number of aromatic nitrogens is 2. The summed E-state index contributed by atoms with van der Waals surface area (Å²) in [6.07, 6.45) is 3.39. The van der Waals surface area contributed by atoms with Gasteiger partial charge < -0.3 is 14.7 Å². The summed E-state index contributed by atoms with van der Waals surface area (Å²) in [5.74, 6) is -0.790. The molecule has 0 bridgehead atoms. The van der Waals surface area contributed by atoms with Crippen LogP contribution < -0.4 is 0 Å². The van der Waals surface area contributed by atoms with Crippen LogP contribution in [0.4, 0.5) is 0 Å². The molecule has 1 amide bonds. The van der Waals surface area contributed by atoms with E-state index in [-0.39, 0.29) is 12.3 Å². The Balaban J connectivity index is 1.95. The zero-order chi connectivity index (χ0) is 17.1. The Kier molecular flexibility index (Phi) is 4.61. The maximum absolute atomic E-state index is 13.0. The number of para-hydroxylation sites is 1. The minimum absolute atomic E-state index is 0.183. The van der Waals surface area contributed by atoms with Crippen LogP contribution in [0.3, 0.4) is 0 Å². The lowest BCUT2D eigenvalue weighted by Crippen LogP contribution is -2.51. The number of nitrogens with zero attached hydrogens (tertiary/aromatic N) is 3. The maximum Gasteiger partial charge on any atom is 0.328 e. The van der Waals surface area contributed by atoms with Gasteiger partial charge >= 0.3 is 5.97 Å². The van der Waals surface area contributed by atoms with Crippen LogP contribution in [0.2, 0.25) is 0 Å². The van der Waals surface area contributed by atoms with Gasteiger partial charge in [0.2, 0.25) is 0 Å². The third-order valence-electron chi connectivity index (χ3n) is 4.19. The summed E-state index contributed by atoms with van der Waals surface area (Å²) in [4.78, 5) is 26.5. The van der Waals surface area contributed by atoms with Gasteiger partial charge in [0, 0.05) is 25.4 Å². The smallest absolute Gasteiger partial charge is 0.328 e. The van der Waals surface area contributed by atoms with Gasteiger partial charge in [0.15, 0.2) is 0 Å². The van der Waals surface area contributed by atoms with Crippen molar-refractivity contribution in [2.75, 3.05) is 13.7 Å². The number of hydrogen-bond donors (Lipinski definition) is 1. The second-order valence-corrected chi connectivity index (χ2v) is 5.68. The lowest BCUT2D eigenvalue weighted by atomic mass is 9.98. The highest BCUT2D eigenvalue weighted by molar-refractivity contribution is 6.00. The molecule has 1 aromatic carbocycles. The summed E-state index contributed by atoms with van der Waals surface area (Å²) in [5, 5.41) is 14.0. The number of benzene rings is 1. The number of amides is 1. The van der Waals surface area contributed by atoms with Gasteiger partial charge in [-0.1, -0.05) is 12.1 Å². The fraction of sp³-hybridized carbons (Fsp3) is 0.353. The molecule has 1 aliphatic heterocycles. The van der Waals surface area contributed by atoms with Crippen LogP contribution in [0.25, 0.3) is 5.69 Å². The number of carbonyl (C=O) groups is 2. The third kappa shape index (κ3) is 3.03. The lowest BCUT2D eigenvalue weighted by Gasteiger charge is -2.36. The van der Waals surface area contributed by atoms with E-state index >= 15 is 0 Å². The van der Waals surface area contributed by atoms with Crippen molar-refractivity contribution in [3.8, 4) is 5.69 Å². The Bertz CT molecular complexity index is 729. The molecule has 0 spiro atoms. The van der Waals surface area contributed by atoms with Crippen molar-refractivity contribution < 1.29 is 19.4 Å². The number of ether oxygens (including phenoxy) is 1. The van der Waals surface area contributed by atoms with E-state index in [1.54, 1.807) is 41.3 Å². The van der Waals surface area contributed by atoms with E-state index in [2.05, 4.69) is 5.10 Å². The van der Waals surface area contributed by atoms with Crippen molar-refractivity contribution in [2.24, 2.45) is 0 Å². The molecule has 3 rings (SSSR count). The molecule has 1 aromatic heterocycles. The Morgan fingerprint density at radius 1 is 1.29 bits per heavy atom. The molecular weight excluding hydrogens is 310 g/mol. The van der Waals surface area contributed by atoms with Gasteiger partial charge in [0.1, 0.15) is 6.04 Å². The van der Waals surface area contributed by atoms with E-state index in [0.29, 0.717) is 24.2 Å². The standard InChI is InChI=1S/C17H19N3O4/c1-24-17(23)15-11-12(21)7-10-19(15)16(22)13-5-2-3-6-14(13)20-9-4-8-18-20/h2-6,8-9,12,15,21H,7,10-11H2,1H3/t12-,15+/m0/s1. The average molecular weight is 329 g/mol. The molecule has 1 fully saturated rings. The number of piperidine rings is 1. The number of aliphatic hydroxyl groups is 1. The van der Waals surface area contributed by atoms with Crippen molar-refractivity contribution in [3.63, 3.8) is 0 Å². The van der Waals surface area contributed by atoms with Gasteiger partial charge in [-0.3, -0.25) is 4.79 Å². The SMILES string of the molecule is COC(=O)[C@H]1C[C@@H](O)CCN1C(=O)c1ccccc1-n1cccn1. The molecule has 2 atom stereocenters. The first kappa shape index (κ1) is 16.2. The molecule has 0 saturated carbocycles. The second kappa shape index (κ2) is 6.84. The van der Waals surface area contributed by atoms with E-state index in [4.69, 9.17) is 4.74 Å². The van der Waals surface area contributed by atoms with Gasteiger partial charge in [-0.15, -0.1) is 0 Å². The van der Waals surface area contributed by atoms with Crippen LogP contribution in [-0.4, -0.2) is 57.5 Å². The van der Waals surface area contributed by atoms with Crippen molar-refractivity contribution >= 4 is 11.9 Å². The molecule has 0 radical (unpaired) electrons. The predicted octanol–water partition coefficient (Wildman–Crippen LogP) is 1.01. The zero-order valence-corrected chi connectivity index (χ0v) is 13.3. The summed E-state index contributed by atoms with van der Waals surface area (Å²) >= 11 is 0. The van der Waals surface area contributed by atoms with Crippen LogP contribution in [0.5, 0.6) is 0 Å². The Morgan fingerprint density at radius 2 is 2.08 bits per heavy atom. The third-order valence-corrected chi connectivity index (χ3v) is 4.19. The number of methoxy groups -OCH3 is 1. The summed E-state index contributed by atoms with van der Waals surface area (Å²) < 4.78 is 6.41. The van der Waals surface area contributed by atoms with Gasteiger partial charge in [-0.25, -0.2) is 9.48 Å². The van der Waals surface area contributed by atoms with Crippen molar-refractivity contribution in [1.82, 2.24) is 14.7 Å². The first-order chi connectivity index (χ1) is 11.6. The average Bonchev–Trinajstić information content (AvgIpc) is 3.15. The monoisotopic (exact) mass is 329 g/mol. The first-order valence-corrected chi connectivity index (χ1v) is 7.77.